The molecule has 4 nitrogen and oxygen atoms in total. The number of hydrogen-bond donors (Lipinski definition) is 1. The second-order valence-electron chi connectivity index (χ2n) is 5.57. The highest BCUT2D eigenvalue weighted by Crippen LogP contribution is 2.20. The van der Waals surface area contributed by atoms with Gasteiger partial charge in [0.05, 0.1) is 6.10 Å². The van der Waals surface area contributed by atoms with Crippen molar-refractivity contribution in [3.8, 4) is 0 Å². The predicted molar refractivity (Wildman–Crippen MR) is 78.5 cm³/mol. The van der Waals surface area contributed by atoms with E-state index in [1.54, 1.807) is 4.90 Å². The number of aromatic nitrogens is 1. The van der Waals surface area contributed by atoms with Crippen LogP contribution in [0.4, 0.5) is 0 Å². The van der Waals surface area contributed by atoms with Gasteiger partial charge in [-0.05, 0) is 37.3 Å². The van der Waals surface area contributed by atoms with Gasteiger partial charge in [0.2, 0.25) is 5.91 Å². The number of para-hydroxylation sites is 1. The van der Waals surface area contributed by atoms with E-state index in [9.17, 15) is 9.90 Å². The van der Waals surface area contributed by atoms with Crippen molar-refractivity contribution < 1.29 is 9.90 Å². The quantitative estimate of drug-likeness (QED) is 0.908. The third-order valence-electron chi connectivity index (χ3n) is 4.06. The van der Waals surface area contributed by atoms with Gasteiger partial charge in [-0.15, -0.1) is 0 Å². The molecule has 0 aliphatic carbocycles. The van der Waals surface area contributed by atoms with Gasteiger partial charge in [-0.1, -0.05) is 18.2 Å². The van der Waals surface area contributed by atoms with Gasteiger partial charge in [0, 0.05) is 24.3 Å². The molecule has 1 aromatic heterocycles. The lowest BCUT2D eigenvalue weighted by molar-refractivity contribution is -0.134. The minimum atomic E-state index is -0.366. The molecule has 0 bridgehead atoms. The highest BCUT2D eigenvalue weighted by Gasteiger charge is 2.22. The highest BCUT2D eigenvalue weighted by molar-refractivity contribution is 5.84. The van der Waals surface area contributed by atoms with Gasteiger partial charge < -0.3 is 14.6 Å². The third kappa shape index (κ3) is 2.43. The Bertz CT molecular complexity index is 632. The van der Waals surface area contributed by atoms with Crippen molar-refractivity contribution in [3.63, 3.8) is 0 Å². The molecule has 3 rings (SSSR count). The number of carbonyl (C=O) groups excluding carboxylic acids is 1. The first-order chi connectivity index (χ1) is 9.65. The molecular weight excluding hydrogens is 252 g/mol. The molecule has 1 aliphatic heterocycles. The fourth-order valence-electron chi connectivity index (χ4n) is 2.97. The Kier molecular flexibility index (Phi) is 3.49. The Morgan fingerprint density at radius 3 is 3.00 bits per heavy atom. The van der Waals surface area contributed by atoms with Gasteiger partial charge in [-0.2, -0.15) is 0 Å². The topological polar surface area (TPSA) is 45.5 Å². The Balaban J connectivity index is 1.82. The minimum Gasteiger partial charge on any atom is -0.391 e. The number of benzene rings is 1. The van der Waals surface area contributed by atoms with E-state index < -0.39 is 0 Å². The number of rotatable bonds is 2. The average molecular weight is 272 g/mol. The van der Waals surface area contributed by atoms with E-state index in [0.717, 1.165) is 36.0 Å². The predicted octanol–water partition coefficient (Wildman–Crippen LogP) is 1.93. The van der Waals surface area contributed by atoms with Gasteiger partial charge in [-0.3, -0.25) is 4.79 Å². The summed E-state index contributed by atoms with van der Waals surface area (Å²) in [6.07, 6.45) is 1.32. The molecular formula is C16H20N2O2. The zero-order chi connectivity index (χ0) is 14.1. The van der Waals surface area contributed by atoms with Crippen LogP contribution in [-0.4, -0.2) is 39.7 Å². The van der Waals surface area contributed by atoms with Crippen molar-refractivity contribution >= 4 is 16.8 Å². The molecule has 2 aromatic rings. The second-order valence-corrected chi connectivity index (χ2v) is 5.57. The molecule has 1 amide bonds. The number of aliphatic hydroxyl groups is 1. The van der Waals surface area contributed by atoms with E-state index in [2.05, 4.69) is 16.7 Å². The number of carbonyl (C=O) groups is 1. The minimum absolute atomic E-state index is 0.0909. The van der Waals surface area contributed by atoms with Crippen molar-refractivity contribution in [1.82, 2.24) is 9.47 Å². The molecule has 106 valence electrons. The van der Waals surface area contributed by atoms with E-state index in [1.165, 1.54) is 0 Å². The standard InChI is InChI=1S/C16H20N2O2/c1-12-9-13-5-2-3-7-15(13)18(12)11-16(20)17-8-4-6-14(19)10-17/h2-3,5,7,9,14,19H,4,6,8,10-11H2,1H3. The van der Waals surface area contributed by atoms with Gasteiger partial charge in [-0.25, -0.2) is 0 Å². The van der Waals surface area contributed by atoms with E-state index in [0.29, 0.717) is 13.1 Å². The monoisotopic (exact) mass is 272 g/mol. The highest BCUT2D eigenvalue weighted by atomic mass is 16.3. The molecule has 1 unspecified atom stereocenters. The smallest absolute Gasteiger partial charge is 0.242 e. The molecule has 1 fully saturated rings. The largest absolute Gasteiger partial charge is 0.391 e. The van der Waals surface area contributed by atoms with Gasteiger partial charge in [0.1, 0.15) is 6.54 Å². The van der Waals surface area contributed by atoms with Gasteiger partial charge in [0.15, 0.2) is 0 Å². The van der Waals surface area contributed by atoms with Crippen molar-refractivity contribution in [3.05, 3.63) is 36.0 Å². The maximum Gasteiger partial charge on any atom is 0.242 e. The number of piperidine rings is 1. The first kappa shape index (κ1) is 13.2. The normalized spacial score (nSPS) is 19.5. The summed E-state index contributed by atoms with van der Waals surface area (Å²) < 4.78 is 2.05. The summed E-state index contributed by atoms with van der Waals surface area (Å²) in [4.78, 5) is 14.2. The SMILES string of the molecule is Cc1cc2ccccc2n1CC(=O)N1CCCC(O)C1. The van der Waals surface area contributed by atoms with Crippen LogP contribution in [0.1, 0.15) is 18.5 Å². The molecule has 0 radical (unpaired) electrons. The van der Waals surface area contributed by atoms with E-state index in [4.69, 9.17) is 0 Å². The van der Waals surface area contributed by atoms with Gasteiger partial charge >= 0.3 is 0 Å². The summed E-state index contributed by atoms with van der Waals surface area (Å²) in [5, 5.41) is 10.8. The fraction of sp³-hybridized carbons (Fsp3) is 0.438. The number of aliphatic hydroxyl groups excluding tert-OH is 1. The van der Waals surface area contributed by atoms with Crippen molar-refractivity contribution in [1.29, 1.82) is 0 Å². The number of likely N-dealkylation sites (tertiary alicyclic amines) is 1. The summed E-state index contributed by atoms with van der Waals surface area (Å²) in [5.41, 5.74) is 2.19. The van der Waals surface area contributed by atoms with Crippen LogP contribution in [0.15, 0.2) is 30.3 Å². The average Bonchev–Trinajstić information content (AvgIpc) is 2.75. The molecule has 1 aromatic carbocycles. The first-order valence-electron chi connectivity index (χ1n) is 7.16. The van der Waals surface area contributed by atoms with Crippen molar-refractivity contribution in [2.45, 2.75) is 32.4 Å². The van der Waals surface area contributed by atoms with Crippen LogP contribution in [0.2, 0.25) is 0 Å². The summed E-state index contributed by atoms with van der Waals surface area (Å²) in [6, 6.07) is 10.2. The molecule has 1 aliphatic rings. The van der Waals surface area contributed by atoms with Crippen molar-refractivity contribution in [2.24, 2.45) is 0 Å². The molecule has 2 heterocycles. The van der Waals surface area contributed by atoms with E-state index in [-0.39, 0.29) is 12.0 Å². The summed E-state index contributed by atoms with van der Waals surface area (Å²) in [6.45, 7) is 3.61. The Hall–Kier alpha value is -1.81. The number of hydrogen-bond acceptors (Lipinski definition) is 2. The molecule has 20 heavy (non-hydrogen) atoms. The fourth-order valence-corrected chi connectivity index (χ4v) is 2.97. The molecule has 0 saturated carbocycles. The lowest BCUT2D eigenvalue weighted by Gasteiger charge is -2.30. The molecule has 0 spiro atoms. The van der Waals surface area contributed by atoms with Gasteiger partial charge in [0.25, 0.3) is 0 Å². The van der Waals surface area contributed by atoms with Crippen molar-refractivity contribution in [2.75, 3.05) is 13.1 Å². The number of nitrogens with zero attached hydrogens (tertiary/aromatic N) is 2. The number of β-amino-alcohol motifs (C(OH)–C–C–N with tert-alkyl or cyclic N) is 1. The number of aryl methyl sites for hydroxylation is 1. The van der Waals surface area contributed by atoms with Crippen LogP contribution in [0.5, 0.6) is 0 Å². The molecule has 1 N–H and O–H groups in total. The van der Waals surface area contributed by atoms with Crippen LogP contribution in [0.3, 0.4) is 0 Å². The van der Waals surface area contributed by atoms with E-state index >= 15 is 0 Å². The van der Waals surface area contributed by atoms with Crippen LogP contribution in [0.25, 0.3) is 10.9 Å². The Morgan fingerprint density at radius 2 is 2.20 bits per heavy atom. The zero-order valence-electron chi connectivity index (χ0n) is 11.7. The lowest BCUT2D eigenvalue weighted by Crippen LogP contribution is -2.43. The third-order valence-corrected chi connectivity index (χ3v) is 4.06. The molecule has 1 atom stereocenters. The van der Waals surface area contributed by atoms with Crippen LogP contribution in [0, 0.1) is 6.92 Å². The summed E-state index contributed by atoms with van der Waals surface area (Å²) in [7, 11) is 0. The van der Waals surface area contributed by atoms with Crippen LogP contribution in [-0.2, 0) is 11.3 Å². The summed E-state index contributed by atoms with van der Waals surface area (Å²) in [5.74, 6) is 0.0909. The van der Waals surface area contributed by atoms with Crippen LogP contribution < -0.4 is 0 Å². The second kappa shape index (κ2) is 5.29. The number of amides is 1. The lowest BCUT2D eigenvalue weighted by atomic mass is 10.1. The molecule has 4 heteroatoms. The number of fused-ring (bicyclic) bond motifs is 1. The zero-order valence-corrected chi connectivity index (χ0v) is 11.7. The van der Waals surface area contributed by atoms with E-state index in [1.807, 2.05) is 25.1 Å². The Morgan fingerprint density at radius 1 is 1.40 bits per heavy atom. The maximum absolute atomic E-state index is 12.4. The maximum atomic E-state index is 12.4. The Labute approximate surface area is 118 Å². The first-order valence-corrected chi connectivity index (χ1v) is 7.16. The summed E-state index contributed by atoms with van der Waals surface area (Å²) >= 11 is 0. The van der Waals surface area contributed by atoms with Crippen LogP contribution >= 0.6 is 0 Å². The molecule has 1 saturated heterocycles.